The number of ether oxygens (including phenoxy) is 1. The summed E-state index contributed by atoms with van der Waals surface area (Å²) < 4.78 is 32.2. The molecule has 0 spiro atoms. The highest BCUT2D eigenvalue weighted by Crippen LogP contribution is 2.35. The van der Waals surface area contributed by atoms with Gasteiger partial charge in [-0.2, -0.15) is 0 Å². The standard InChI is InChI=1S/C24H29F2NO3/c1-16(2)22(15-28)27-23(29)24(9-11-30-12-10-24)14-17-3-5-18(6-4-17)19-7-8-20(25)21(26)13-19/h3-8,13,16,22,28H,9-12,14-15H2,1-2H3,(H,27,29)/t22-/m0/s1. The van der Waals surface area contributed by atoms with E-state index in [1.165, 1.54) is 6.07 Å². The number of nitrogens with one attached hydrogen (secondary N) is 1. The van der Waals surface area contributed by atoms with Gasteiger partial charge in [-0.1, -0.05) is 44.2 Å². The average molecular weight is 417 g/mol. The molecule has 1 saturated heterocycles. The summed E-state index contributed by atoms with van der Waals surface area (Å²) >= 11 is 0. The van der Waals surface area contributed by atoms with Crippen molar-refractivity contribution in [3.63, 3.8) is 0 Å². The first-order valence-electron chi connectivity index (χ1n) is 10.4. The van der Waals surface area contributed by atoms with Gasteiger partial charge in [-0.05, 0) is 54.0 Å². The quantitative estimate of drug-likeness (QED) is 0.713. The van der Waals surface area contributed by atoms with Crippen LogP contribution in [0.4, 0.5) is 8.78 Å². The first-order valence-corrected chi connectivity index (χ1v) is 10.4. The molecule has 1 atom stereocenters. The van der Waals surface area contributed by atoms with Gasteiger partial charge in [0.1, 0.15) is 0 Å². The zero-order valence-corrected chi connectivity index (χ0v) is 17.5. The molecule has 1 fully saturated rings. The lowest BCUT2D eigenvalue weighted by atomic mass is 9.74. The lowest BCUT2D eigenvalue weighted by Gasteiger charge is -2.37. The summed E-state index contributed by atoms with van der Waals surface area (Å²) in [5, 5.41) is 12.6. The number of aliphatic hydroxyl groups is 1. The van der Waals surface area contributed by atoms with Gasteiger partial charge >= 0.3 is 0 Å². The molecule has 2 N–H and O–H groups in total. The molecule has 0 aromatic heterocycles. The van der Waals surface area contributed by atoms with Crippen LogP contribution in [0.3, 0.4) is 0 Å². The third kappa shape index (κ3) is 5.05. The summed E-state index contributed by atoms with van der Waals surface area (Å²) in [6, 6.07) is 11.1. The molecule has 1 heterocycles. The predicted molar refractivity (Wildman–Crippen MR) is 112 cm³/mol. The number of halogens is 2. The highest BCUT2D eigenvalue weighted by atomic mass is 19.2. The molecule has 0 unspecified atom stereocenters. The number of rotatable bonds is 7. The van der Waals surface area contributed by atoms with Gasteiger partial charge in [0.15, 0.2) is 11.6 Å². The van der Waals surface area contributed by atoms with Crippen molar-refractivity contribution in [3.05, 3.63) is 59.7 Å². The van der Waals surface area contributed by atoms with Gasteiger partial charge in [-0.25, -0.2) is 8.78 Å². The van der Waals surface area contributed by atoms with Gasteiger partial charge in [0.2, 0.25) is 5.91 Å². The molecule has 1 amide bonds. The Hall–Kier alpha value is -2.31. The Morgan fingerprint density at radius 3 is 2.27 bits per heavy atom. The van der Waals surface area contributed by atoms with Gasteiger partial charge in [0.25, 0.3) is 0 Å². The zero-order valence-electron chi connectivity index (χ0n) is 17.5. The molecule has 2 aromatic rings. The van der Waals surface area contributed by atoms with Gasteiger partial charge in [-0.3, -0.25) is 4.79 Å². The lowest BCUT2D eigenvalue weighted by molar-refractivity contribution is -0.138. The van der Waals surface area contributed by atoms with E-state index < -0.39 is 17.0 Å². The van der Waals surface area contributed by atoms with Crippen LogP contribution in [-0.4, -0.2) is 36.9 Å². The van der Waals surface area contributed by atoms with E-state index in [-0.39, 0.29) is 24.5 Å². The molecule has 6 heteroatoms. The Labute approximate surface area is 176 Å². The second-order valence-corrected chi connectivity index (χ2v) is 8.40. The molecule has 0 aliphatic carbocycles. The number of carbonyl (C=O) groups is 1. The van der Waals surface area contributed by atoms with Crippen LogP contribution >= 0.6 is 0 Å². The van der Waals surface area contributed by atoms with Crippen LogP contribution in [0, 0.1) is 23.0 Å². The Balaban J connectivity index is 1.79. The fourth-order valence-corrected chi connectivity index (χ4v) is 3.87. The number of hydrogen-bond acceptors (Lipinski definition) is 3. The van der Waals surface area contributed by atoms with Crippen molar-refractivity contribution in [3.8, 4) is 11.1 Å². The minimum atomic E-state index is -0.877. The number of aliphatic hydroxyl groups excluding tert-OH is 1. The van der Waals surface area contributed by atoms with Crippen molar-refractivity contribution in [1.82, 2.24) is 5.32 Å². The van der Waals surface area contributed by atoms with Crippen LogP contribution in [-0.2, 0) is 16.0 Å². The van der Waals surface area contributed by atoms with Crippen molar-refractivity contribution >= 4 is 5.91 Å². The summed E-state index contributed by atoms with van der Waals surface area (Å²) in [6.45, 7) is 4.88. The van der Waals surface area contributed by atoms with E-state index in [9.17, 15) is 18.7 Å². The van der Waals surface area contributed by atoms with E-state index >= 15 is 0 Å². The minimum absolute atomic E-state index is 0.0526. The maximum absolute atomic E-state index is 13.5. The van der Waals surface area contributed by atoms with Crippen LogP contribution in [0.5, 0.6) is 0 Å². The number of benzene rings is 2. The maximum Gasteiger partial charge on any atom is 0.227 e. The van der Waals surface area contributed by atoms with Crippen molar-refractivity contribution in [2.45, 2.75) is 39.2 Å². The van der Waals surface area contributed by atoms with Crippen LogP contribution in [0.1, 0.15) is 32.3 Å². The van der Waals surface area contributed by atoms with Crippen molar-refractivity contribution < 1.29 is 23.4 Å². The first-order chi connectivity index (χ1) is 14.3. The van der Waals surface area contributed by atoms with E-state index in [0.717, 1.165) is 17.2 Å². The highest BCUT2D eigenvalue weighted by molar-refractivity contribution is 5.83. The topological polar surface area (TPSA) is 58.6 Å². The second-order valence-electron chi connectivity index (χ2n) is 8.40. The zero-order chi connectivity index (χ0) is 21.7. The van der Waals surface area contributed by atoms with Gasteiger partial charge in [0.05, 0.1) is 18.1 Å². The Kier molecular flexibility index (Phi) is 7.21. The maximum atomic E-state index is 13.5. The molecule has 0 bridgehead atoms. The SMILES string of the molecule is CC(C)[C@H](CO)NC(=O)C1(Cc2ccc(-c3ccc(F)c(F)c3)cc2)CCOCC1. The lowest BCUT2D eigenvalue weighted by Crippen LogP contribution is -2.51. The van der Waals surface area contributed by atoms with Crippen molar-refractivity contribution in [2.75, 3.05) is 19.8 Å². The average Bonchev–Trinajstić information content (AvgIpc) is 2.74. The Morgan fingerprint density at radius 1 is 1.07 bits per heavy atom. The first kappa shape index (κ1) is 22.4. The largest absolute Gasteiger partial charge is 0.394 e. The molecule has 3 rings (SSSR count). The molecule has 0 radical (unpaired) electrons. The molecule has 162 valence electrons. The third-order valence-corrected chi connectivity index (χ3v) is 6.00. The summed E-state index contributed by atoms with van der Waals surface area (Å²) in [4.78, 5) is 13.2. The Bertz CT molecular complexity index is 861. The van der Waals surface area contributed by atoms with E-state index in [1.54, 1.807) is 6.07 Å². The van der Waals surface area contributed by atoms with Crippen LogP contribution in [0.15, 0.2) is 42.5 Å². The monoisotopic (exact) mass is 417 g/mol. The third-order valence-electron chi connectivity index (χ3n) is 6.00. The molecule has 0 saturated carbocycles. The van der Waals surface area contributed by atoms with Crippen molar-refractivity contribution in [1.29, 1.82) is 0 Å². The van der Waals surface area contributed by atoms with E-state index in [4.69, 9.17) is 4.74 Å². The molecule has 1 aliphatic rings. The fraction of sp³-hybridized carbons (Fsp3) is 0.458. The van der Waals surface area contributed by atoms with Crippen LogP contribution < -0.4 is 5.32 Å². The molecule has 1 aliphatic heterocycles. The number of amides is 1. The van der Waals surface area contributed by atoms with E-state index in [0.29, 0.717) is 38.0 Å². The van der Waals surface area contributed by atoms with Crippen LogP contribution in [0.25, 0.3) is 11.1 Å². The normalized spacial score (nSPS) is 17.0. The summed E-state index contributed by atoms with van der Waals surface area (Å²) in [7, 11) is 0. The predicted octanol–water partition coefficient (Wildman–Crippen LogP) is 4.10. The van der Waals surface area contributed by atoms with Gasteiger partial charge < -0.3 is 15.2 Å². The smallest absolute Gasteiger partial charge is 0.227 e. The van der Waals surface area contributed by atoms with Gasteiger partial charge in [-0.15, -0.1) is 0 Å². The summed E-state index contributed by atoms with van der Waals surface area (Å²) in [5.41, 5.74) is 1.78. The Morgan fingerprint density at radius 2 is 1.70 bits per heavy atom. The fourth-order valence-electron chi connectivity index (χ4n) is 3.87. The highest BCUT2D eigenvalue weighted by Gasteiger charge is 2.41. The van der Waals surface area contributed by atoms with Gasteiger partial charge in [0, 0.05) is 13.2 Å². The molecular formula is C24H29F2NO3. The summed E-state index contributed by atoms with van der Waals surface area (Å²) in [6.07, 6.45) is 1.77. The molecule has 30 heavy (non-hydrogen) atoms. The molecule has 4 nitrogen and oxygen atoms in total. The van der Waals surface area contributed by atoms with Crippen LogP contribution in [0.2, 0.25) is 0 Å². The minimum Gasteiger partial charge on any atom is -0.394 e. The van der Waals surface area contributed by atoms with E-state index in [1.807, 2.05) is 38.1 Å². The summed E-state index contributed by atoms with van der Waals surface area (Å²) in [5.74, 6) is -1.67. The number of hydrogen-bond donors (Lipinski definition) is 2. The second kappa shape index (κ2) is 9.67. The van der Waals surface area contributed by atoms with E-state index in [2.05, 4.69) is 5.32 Å². The molecular weight excluding hydrogens is 388 g/mol. The molecule has 2 aromatic carbocycles. The van der Waals surface area contributed by atoms with Crippen molar-refractivity contribution in [2.24, 2.45) is 11.3 Å². The number of carbonyl (C=O) groups excluding carboxylic acids is 1.